The Kier molecular flexibility index (Phi) is 6.19. The van der Waals surface area contributed by atoms with Crippen molar-refractivity contribution in [1.29, 1.82) is 0 Å². The van der Waals surface area contributed by atoms with E-state index in [0.717, 1.165) is 35.5 Å². The number of nitrogens with one attached hydrogen (secondary N) is 1. The highest BCUT2D eigenvalue weighted by Gasteiger charge is 2.32. The molecule has 1 heterocycles. The van der Waals surface area contributed by atoms with Crippen molar-refractivity contribution >= 4 is 11.8 Å². The Hall–Kier alpha value is -3.02. The predicted octanol–water partition coefficient (Wildman–Crippen LogP) is 3.11. The van der Waals surface area contributed by atoms with Crippen LogP contribution in [0.25, 0.3) is 0 Å². The highest BCUT2D eigenvalue weighted by Crippen LogP contribution is 2.38. The Morgan fingerprint density at radius 3 is 2.68 bits per heavy atom. The maximum atomic E-state index is 12.8. The standard InChI is InChI=1S/C22H26N2O4/c1-15-6-4-7-16(12-15)22(26)23-14-21(25)24-11-5-8-19(24)18-13-17(27-2)9-10-20(18)28-3/h4,6-7,9-10,12-13,19H,5,8,11,14H2,1-3H3,(H,23,26)/t19-/m1/s1. The van der Waals surface area contributed by atoms with Crippen molar-refractivity contribution in [2.24, 2.45) is 0 Å². The van der Waals surface area contributed by atoms with E-state index in [0.29, 0.717) is 12.1 Å². The fourth-order valence-electron chi connectivity index (χ4n) is 3.63. The van der Waals surface area contributed by atoms with Gasteiger partial charge in [-0.2, -0.15) is 0 Å². The lowest BCUT2D eigenvalue weighted by Crippen LogP contribution is -2.40. The van der Waals surface area contributed by atoms with Gasteiger partial charge in [-0.1, -0.05) is 17.7 Å². The molecule has 2 aromatic carbocycles. The summed E-state index contributed by atoms with van der Waals surface area (Å²) >= 11 is 0. The molecule has 0 unspecified atom stereocenters. The van der Waals surface area contributed by atoms with Crippen LogP contribution in [0.4, 0.5) is 0 Å². The van der Waals surface area contributed by atoms with Crippen LogP contribution < -0.4 is 14.8 Å². The fourth-order valence-corrected chi connectivity index (χ4v) is 3.63. The van der Waals surface area contributed by atoms with Gasteiger partial charge in [-0.25, -0.2) is 0 Å². The van der Waals surface area contributed by atoms with E-state index in [4.69, 9.17) is 9.47 Å². The molecule has 1 fully saturated rings. The van der Waals surface area contributed by atoms with E-state index in [2.05, 4.69) is 5.32 Å². The molecule has 2 aromatic rings. The summed E-state index contributed by atoms with van der Waals surface area (Å²) in [5.41, 5.74) is 2.49. The maximum Gasteiger partial charge on any atom is 0.251 e. The van der Waals surface area contributed by atoms with Crippen molar-refractivity contribution in [2.45, 2.75) is 25.8 Å². The van der Waals surface area contributed by atoms with Crippen LogP contribution >= 0.6 is 0 Å². The van der Waals surface area contributed by atoms with Gasteiger partial charge in [0.1, 0.15) is 11.5 Å². The van der Waals surface area contributed by atoms with Gasteiger partial charge in [0.2, 0.25) is 5.91 Å². The molecule has 6 heteroatoms. The molecule has 1 aliphatic rings. The van der Waals surface area contributed by atoms with Gasteiger partial charge in [-0.05, 0) is 50.1 Å². The van der Waals surface area contributed by atoms with Gasteiger partial charge in [0.25, 0.3) is 5.91 Å². The van der Waals surface area contributed by atoms with E-state index in [1.165, 1.54) is 0 Å². The van der Waals surface area contributed by atoms with Crippen LogP contribution in [-0.4, -0.2) is 44.0 Å². The molecule has 0 saturated carbocycles. The number of carbonyl (C=O) groups is 2. The third-order valence-corrected chi connectivity index (χ3v) is 5.05. The zero-order chi connectivity index (χ0) is 20.1. The highest BCUT2D eigenvalue weighted by molar-refractivity contribution is 5.96. The van der Waals surface area contributed by atoms with Crippen LogP contribution in [0.1, 0.15) is 40.4 Å². The second-order valence-electron chi connectivity index (χ2n) is 6.91. The zero-order valence-corrected chi connectivity index (χ0v) is 16.5. The van der Waals surface area contributed by atoms with E-state index < -0.39 is 0 Å². The summed E-state index contributed by atoms with van der Waals surface area (Å²) in [6.45, 7) is 2.55. The molecule has 3 rings (SSSR count). The Balaban J connectivity index is 1.70. The smallest absolute Gasteiger partial charge is 0.251 e. The first kappa shape index (κ1) is 19.7. The van der Waals surface area contributed by atoms with Crippen molar-refractivity contribution in [1.82, 2.24) is 10.2 Å². The summed E-state index contributed by atoms with van der Waals surface area (Å²) in [7, 11) is 3.23. The molecule has 1 atom stereocenters. The third-order valence-electron chi connectivity index (χ3n) is 5.05. The molecule has 6 nitrogen and oxygen atoms in total. The molecule has 0 bridgehead atoms. The van der Waals surface area contributed by atoms with Gasteiger partial charge in [0.15, 0.2) is 0 Å². The van der Waals surface area contributed by atoms with E-state index in [1.807, 2.05) is 42.2 Å². The summed E-state index contributed by atoms with van der Waals surface area (Å²) in [6.07, 6.45) is 1.75. The minimum atomic E-state index is -0.244. The number of nitrogens with zero attached hydrogens (tertiary/aromatic N) is 1. The van der Waals surface area contributed by atoms with Crippen LogP contribution in [0, 0.1) is 6.92 Å². The lowest BCUT2D eigenvalue weighted by molar-refractivity contribution is -0.131. The number of ether oxygens (including phenoxy) is 2. The Morgan fingerprint density at radius 1 is 1.14 bits per heavy atom. The van der Waals surface area contributed by atoms with Gasteiger partial charge in [0, 0.05) is 17.7 Å². The van der Waals surface area contributed by atoms with Crippen molar-refractivity contribution < 1.29 is 19.1 Å². The number of methoxy groups -OCH3 is 2. The Labute approximate surface area is 165 Å². The number of hydrogen-bond acceptors (Lipinski definition) is 4. The fraction of sp³-hybridized carbons (Fsp3) is 0.364. The largest absolute Gasteiger partial charge is 0.497 e. The second kappa shape index (κ2) is 8.78. The number of hydrogen-bond donors (Lipinski definition) is 1. The molecular formula is C22H26N2O4. The van der Waals surface area contributed by atoms with Gasteiger partial charge in [-0.3, -0.25) is 9.59 Å². The molecule has 0 spiro atoms. The number of amides is 2. The van der Waals surface area contributed by atoms with Gasteiger partial charge in [0.05, 0.1) is 26.8 Å². The summed E-state index contributed by atoms with van der Waals surface area (Å²) in [5, 5.41) is 2.74. The van der Waals surface area contributed by atoms with E-state index in [-0.39, 0.29) is 24.4 Å². The van der Waals surface area contributed by atoms with E-state index in [9.17, 15) is 9.59 Å². The van der Waals surface area contributed by atoms with Crippen LogP contribution in [0.2, 0.25) is 0 Å². The third kappa shape index (κ3) is 4.27. The summed E-state index contributed by atoms with van der Waals surface area (Å²) in [6, 6.07) is 12.8. The molecule has 0 radical (unpaired) electrons. The van der Waals surface area contributed by atoms with Crippen molar-refractivity contribution in [3.05, 3.63) is 59.2 Å². The normalized spacial score (nSPS) is 16.0. The van der Waals surface area contributed by atoms with Gasteiger partial charge in [-0.15, -0.1) is 0 Å². The SMILES string of the molecule is COc1ccc(OC)c([C@H]2CCCN2C(=O)CNC(=O)c2cccc(C)c2)c1. The van der Waals surface area contributed by atoms with Crippen molar-refractivity contribution in [3.8, 4) is 11.5 Å². The molecule has 1 saturated heterocycles. The molecule has 148 valence electrons. The van der Waals surface area contributed by atoms with Crippen LogP contribution in [0.3, 0.4) is 0 Å². The summed E-state index contributed by atoms with van der Waals surface area (Å²) in [4.78, 5) is 27.0. The summed E-state index contributed by atoms with van der Waals surface area (Å²) in [5.74, 6) is 1.11. The van der Waals surface area contributed by atoms with Gasteiger partial charge < -0.3 is 19.7 Å². The minimum absolute atomic E-state index is 0.0322. The Bertz CT molecular complexity index is 865. The van der Waals surface area contributed by atoms with Crippen LogP contribution in [0.5, 0.6) is 11.5 Å². The molecule has 1 N–H and O–H groups in total. The molecular weight excluding hydrogens is 356 g/mol. The number of likely N-dealkylation sites (tertiary alicyclic amines) is 1. The lowest BCUT2D eigenvalue weighted by Gasteiger charge is -2.27. The average molecular weight is 382 g/mol. The first-order chi connectivity index (χ1) is 13.5. The topological polar surface area (TPSA) is 67.9 Å². The quantitative estimate of drug-likeness (QED) is 0.834. The molecule has 2 amide bonds. The lowest BCUT2D eigenvalue weighted by atomic mass is 10.0. The van der Waals surface area contributed by atoms with Crippen LogP contribution in [0.15, 0.2) is 42.5 Å². The number of rotatable bonds is 6. The molecule has 0 aliphatic carbocycles. The Morgan fingerprint density at radius 2 is 1.96 bits per heavy atom. The van der Waals surface area contributed by atoms with Crippen molar-refractivity contribution in [2.75, 3.05) is 27.3 Å². The predicted molar refractivity (Wildman–Crippen MR) is 107 cm³/mol. The second-order valence-corrected chi connectivity index (χ2v) is 6.91. The van der Waals surface area contributed by atoms with E-state index >= 15 is 0 Å². The monoisotopic (exact) mass is 382 g/mol. The highest BCUT2D eigenvalue weighted by atomic mass is 16.5. The minimum Gasteiger partial charge on any atom is -0.497 e. The molecule has 0 aromatic heterocycles. The zero-order valence-electron chi connectivity index (χ0n) is 16.5. The maximum absolute atomic E-state index is 12.8. The van der Waals surface area contributed by atoms with E-state index in [1.54, 1.807) is 26.4 Å². The first-order valence-electron chi connectivity index (χ1n) is 9.39. The average Bonchev–Trinajstić information content (AvgIpc) is 3.21. The molecule has 28 heavy (non-hydrogen) atoms. The van der Waals surface area contributed by atoms with Crippen LogP contribution in [-0.2, 0) is 4.79 Å². The number of aryl methyl sites for hydroxylation is 1. The first-order valence-corrected chi connectivity index (χ1v) is 9.39. The summed E-state index contributed by atoms with van der Waals surface area (Å²) < 4.78 is 10.8. The number of carbonyl (C=O) groups excluding carboxylic acids is 2. The molecule has 1 aliphatic heterocycles. The van der Waals surface area contributed by atoms with Crippen molar-refractivity contribution in [3.63, 3.8) is 0 Å². The number of benzene rings is 2. The van der Waals surface area contributed by atoms with Gasteiger partial charge >= 0.3 is 0 Å².